The summed E-state index contributed by atoms with van der Waals surface area (Å²) in [7, 11) is 0. The molecule has 0 N–H and O–H groups in total. The van der Waals surface area contributed by atoms with Crippen LogP contribution in [-0.2, 0) is 6.42 Å². The van der Waals surface area contributed by atoms with Crippen molar-refractivity contribution in [3.8, 4) is 0 Å². The zero-order valence-corrected chi connectivity index (χ0v) is 16.6. The van der Waals surface area contributed by atoms with Gasteiger partial charge in [-0.1, -0.05) is 82.9 Å². The number of benzene rings is 2. The second-order valence-electron chi connectivity index (χ2n) is 7.69. The third kappa shape index (κ3) is 5.45. The van der Waals surface area contributed by atoms with E-state index in [1.807, 2.05) is 36.4 Å². The first-order valence-corrected chi connectivity index (χ1v) is 10.7. The highest BCUT2D eigenvalue weighted by Crippen LogP contribution is 2.20. The van der Waals surface area contributed by atoms with Crippen LogP contribution in [0.2, 0.25) is 0 Å². The van der Waals surface area contributed by atoms with Gasteiger partial charge in [-0.3, -0.25) is 4.79 Å². The molecule has 0 radical (unpaired) electrons. The van der Waals surface area contributed by atoms with Crippen LogP contribution in [0.15, 0.2) is 51.7 Å². The molecule has 0 fully saturated rings. The smallest absolute Gasteiger partial charge is 0.200 e. The van der Waals surface area contributed by atoms with Crippen LogP contribution in [0.5, 0.6) is 0 Å². The Morgan fingerprint density at radius 2 is 1.33 bits per heavy atom. The molecule has 1 heterocycles. The Labute approximate surface area is 162 Å². The first-order valence-electron chi connectivity index (χ1n) is 10.7. The van der Waals surface area contributed by atoms with Gasteiger partial charge in [-0.05, 0) is 42.7 Å². The Morgan fingerprint density at radius 3 is 2.07 bits per heavy atom. The summed E-state index contributed by atoms with van der Waals surface area (Å²) < 4.78 is 5.89. The van der Waals surface area contributed by atoms with Crippen LogP contribution in [-0.4, -0.2) is 0 Å². The zero-order valence-electron chi connectivity index (χ0n) is 16.6. The van der Waals surface area contributed by atoms with Crippen LogP contribution >= 0.6 is 0 Å². The predicted molar refractivity (Wildman–Crippen MR) is 116 cm³/mol. The summed E-state index contributed by atoms with van der Waals surface area (Å²) >= 11 is 0. The number of rotatable bonds is 11. The molecule has 2 heteroatoms. The van der Waals surface area contributed by atoms with Crippen LogP contribution in [0, 0.1) is 0 Å². The van der Waals surface area contributed by atoms with Gasteiger partial charge in [-0.25, -0.2) is 0 Å². The molecule has 0 aliphatic rings. The number of hydrogen-bond acceptors (Lipinski definition) is 2. The number of hydrogen-bond donors (Lipinski definition) is 0. The van der Waals surface area contributed by atoms with Crippen molar-refractivity contribution in [1.29, 1.82) is 0 Å². The third-order valence-electron chi connectivity index (χ3n) is 5.46. The molecule has 0 amide bonds. The van der Waals surface area contributed by atoms with Crippen molar-refractivity contribution in [2.45, 2.75) is 77.6 Å². The first-order chi connectivity index (χ1) is 13.3. The monoisotopic (exact) mass is 364 g/mol. The maximum absolute atomic E-state index is 12.7. The van der Waals surface area contributed by atoms with E-state index in [1.165, 1.54) is 69.8 Å². The summed E-state index contributed by atoms with van der Waals surface area (Å²) in [6.07, 6.45) is 14.5. The van der Waals surface area contributed by atoms with Crippen molar-refractivity contribution in [3.05, 3.63) is 58.3 Å². The van der Waals surface area contributed by atoms with Gasteiger partial charge in [0.05, 0.1) is 10.8 Å². The topological polar surface area (TPSA) is 30.2 Å². The molecule has 0 aliphatic heterocycles. The Hall–Kier alpha value is -2.09. The summed E-state index contributed by atoms with van der Waals surface area (Å²) in [5.41, 5.74) is 2.67. The van der Waals surface area contributed by atoms with Gasteiger partial charge in [-0.2, -0.15) is 0 Å². The summed E-state index contributed by atoms with van der Waals surface area (Å²) in [5.74, 6) is 0. The number of fused-ring (bicyclic) bond motifs is 2. The molecule has 144 valence electrons. The highest BCUT2D eigenvalue weighted by Gasteiger charge is 2.07. The number of para-hydroxylation sites is 1. The maximum Gasteiger partial charge on any atom is 0.200 e. The Balaban J connectivity index is 1.48. The van der Waals surface area contributed by atoms with Crippen LogP contribution in [0.1, 0.15) is 76.7 Å². The SMILES string of the molecule is CCCCCCCCCCCCc1ccc2oc3ccccc3c(=O)c2c1. The van der Waals surface area contributed by atoms with Gasteiger partial charge in [0.2, 0.25) is 5.43 Å². The van der Waals surface area contributed by atoms with Crippen LogP contribution < -0.4 is 5.43 Å². The van der Waals surface area contributed by atoms with Crippen molar-refractivity contribution < 1.29 is 4.42 Å². The fourth-order valence-electron chi connectivity index (χ4n) is 3.82. The fourth-order valence-corrected chi connectivity index (χ4v) is 3.82. The molecule has 2 nitrogen and oxygen atoms in total. The Morgan fingerprint density at radius 1 is 0.704 bits per heavy atom. The van der Waals surface area contributed by atoms with Gasteiger partial charge < -0.3 is 4.42 Å². The molecule has 1 aromatic heterocycles. The minimum atomic E-state index is 0.0803. The van der Waals surface area contributed by atoms with Gasteiger partial charge in [0.1, 0.15) is 11.2 Å². The molecule has 3 rings (SSSR count). The number of aryl methyl sites for hydroxylation is 1. The highest BCUT2D eigenvalue weighted by molar-refractivity contribution is 5.89. The van der Waals surface area contributed by atoms with Crippen molar-refractivity contribution in [1.82, 2.24) is 0 Å². The average molecular weight is 365 g/mol. The summed E-state index contributed by atoms with van der Waals surface area (Å²) in [6, 6.07) is 13.6. The van der Waals surface area contributed by atoms with Crippen LogP contribution in [0.3, 0.4) is 0 Å². The van der Waals surface area contributed by atoms with Gasteiger partial charge in [0.15, 0.2) is 0 Å². The molecule has 0 bridgehead atoms. The van der Waals surface area contributed by atoms with Gasteiger partial charge in [-0.15, -0.1) is 0 Å². The van der Waals surface area contributed by atoms with E-state index in [2.05, 4.69) is 13.0 Å². The van der Waals surface area contributed by atoms with Crippen LogP contribution in [0.4, 0.5) is 0 Å². The zero-order chi connectivity index (χ0) is 18.9. The second kappa shape index (κ2) is 10.3. The molecule has 0 unspecified atom stereocenters. The summed E-state index contributed by atoms with van der Waals surface area (Å²) in [6.45, 7) is 2.27. The molecule has 3 aromatic rings. The minimum Gasteiger partial charge on any atom is -0.456 e. The standard InChI is InChI=1S/C25H32O2/c1-2-3-4-5-6-7-8-9-10-11-14-20-17-18-24-22(19-20)25(26)21-15-12-13-16-23(21)27-24/h12-13,15-19H,2-11,14H2,1H3. The van der Waals surface area contributed by atoms with E-state index in [4.69, 9.17) is 4.42 Å². The van der Waals surface area contributed by atoms with E-state index in [0.717, 1.165) is 6.42 Å². The summed E-state index contributed by atoms with van der Waals surface area (Å²) in [5, 5.41) is 1.37. The Bertz CT molecular complexity index is 907. The van der Waals surface area contributed by atoms with E-state index in [0.29, 0.717) is 21.9 Å². The molecule has 0 atom stereocenters. The first kappa shape index (κ1) is 19.7. The molecular formula is C25H32O2. The summed E-state index contributed by atoms with van der Waals surface area (Å²) in [4.78, 5) is 12.7. The van der Waals surface area contributed by atoms with E-state index in [9.17, 15) is 4.79 Å². The molecule has 0 spiro atoms. The lowest BCUT2D eigenvalue weighted by atomic mass is 10.0. The lowest BCUT2D eigenvalue weighted by Gasteiger charge is -2.05. The highest BCUT2D eigenvalue weighted by atomic mass is 16.3. The van der Waals surface area contributed by atoms with Crippen molar-refractivity contribution in [2.24, 2.45) is 0 Å². The molecule has 0 aliphatic carbocycles. The van der Waals surface area contributed by atoms with Crippen LogP contribution in [0.25, 0.3) is 21.9 Å². The second-order valence-corrected chi connectivity index (χ2v) is 7.69. The van der Waals surface area contributed by atoms with E-state index < -0.39 is 0 Å². The lowest BCUT2D eigenvalue weighted by Crippen LogP contribution is -2.02. The van der Waals surface area contributed by atoms with E-state index >= 15 is 0 Å². The van der Waals surface area contributed by atoms with Crippen molar-refractivity contribution in [3.63, 3.8) is 0 Å². The molecular weight excluding hydrogens is 332 g/mol. The van der Waals surface area contributed by atoms with Gasteiger partial charge in [0.25, 0.3) is 0 Å². The van der Waals surface area contributed by atoms with Crippen molar-refractivity contribution in [2.75, 3.05) is 0 Å². The quantitative estimate of drug-likeness (QED) is 0.262. The molecule has 27 heavy (non-hydrogen) atoms. The maximum atomic E-state index is 12.7. The number of unbranched alkanes of at least 4 members (excludes halogenated alkanes) is 9. The fraction of sp³-hybridized carbons (Fsp3) is 0.480. The Kier molecular flexibility index (Phi) is 7.50. The lowest BCUT2D eigenvalue weighted by molar-refractivity contribution is 0.556. The molecule has 2 aromatic carbocycles. The normalized spacial score (nSPS) is 11.4. The van der Waals surface area contributed by atoms with Gasteiger partial charge in [0, 0.05) is 0 Å². The van der Waals surface area contributed by atoms with E-state index in [1.54, 1.807) is 0 Å². The predicted octanol–water partition coefficient (Wildman–Crippen LogP) is 7.41. The largest absolute Gasteiger partial charge is 0.456 e. The average Bonchev–Trinajstić information content (AvgIpc) is 2.70. The van der Waals surface area contributed by atoms with E-state index in [-0.39, 0.29) is 5.43 Å². The van der Waals surface area contributed by atoms with Gasteiger partial charge >= 0.3 is 0 Å². The molecule has 0 saturated carbocycles. The van der Waals surface area contributed by atoms with Crippen molar-refractivity contribution >= 4 is 21.9 Å². The minimum absolute atomic E-state index is 0.0803. The third-order valence-corrected chi connectivity index (χ3v) is 5.46. The molecule has 0 saturated heterocycles.